The second-order valence-corrected chi connectivity index (χ2v) is 9.93. The first-order valence-electron chi connectivity index (χ1n) is 10.3. The highest BCUT2D eigenvalue weighted by atomic mass is 32.2. The molecule has 9 heteroatoms. The molecule has 1 N–H and O–H groups in total. The number of halogens is 1. The van der Waals surface area contributed by atoms with Crippen molar-refractivity contribution >= 4 is 44.1 Å². The lowest BCUT2D eigenvalue weighted by Crippen LogP contribution is -2.16. The highest BCUT2D eigenvalue weighted by Crippen LogP contribution is 2.38. The number of aromatic nitrogens is 2. The number of benzene rings is 1. The van der Waals surface area contributed by atoms with Gasteiger partial charge in [0.2, 0.25) is 0 Å². The van der Waals surface area contributed by atoms with Crippen LogP contribution in [0.4, 0.5) is 10.2 Å². The Morgan fingerprint density at radius 2 is 2.00 bits per heavy atom. The number of thiophene rings is 1. The topological polar surface area (TPSA) is 81.2 Å². The molecule has 0 bridgehead atoms. The van der Waals surface area contributed by atoms with Gasteiger partial charge in [0.15, 0.2) is 0 Å². The van der Waals surface area contributed by atoms with Crippen LogP contribution >= 0.6 is 11.3 Å². The fraction of sp³-hybridized carbons (Fsp3) is 0.409. The molecule has 0 radical (unpaired) electrons. The molecular formula is C22H24FN3O3S2. The van der Waals surface area contributed by atoms with Crippen molar-refractivity contribution in [2.75, 3.05) is 17.7 Å². The largest absolute Gasteiger partial charge is 0.465 e. The quantitative estimate of drug-likeness (QED) is 0.508. The normalized spacial score (nSPS) is 14.3. The highest BCUT2D eigenvalue weighted by Gasteiger charge is 2.22. The molecule has 0 fully saturated rings. The van der Waals surface area contributed by atoms with Gasteiger partial charge in [0.1, 0.15) is 28.0 Å². The van der Waals surface area contributed by atoms with E-state index in [1.165, 1.54) is 29.0 Å². The van der Waals surface area contributed by atoms with Crippen LogP contribution in [0.1, 0.15) is 41.6 Å². The van der Waals surface area contributed by atoms with E-state index in [0.29, 0.717) is 18.2 Å². The van der Waals surface area contributed by atoms with Crippen molar-refractivity contribution in [3.63, 3.8) is 0 Å². The number of aryl methyl sites for hydroxylation is 2. The number of carbonyl (C=O) groups is 1. The van der Waals surface area contributed by atoms with E-state index in [0.717, 1.165) is 35.0 Å². The van der Waals surface area contributed by atoms with Crippen LogP contribution in [0, 0.1) is 5.82 Å². The molecule has 0 amide bonds. The lowest BCUT2D eigenvalue weighted by molar-refractivity contribution is -0.139. The summed E-state index contributed by atoms with van der Waals surface area (Å²) in [4.78, 5) is 23.2. The fourth-order valence-electron chi connectivity index (χ4n) is 3.71. The van der Waals surface area contributed by atoms with E-state index in [1.807, 2.05) is 0 Å². The Kier molecular flexibility index (Phi) is 6.92. The van der Waals surface area contributed by atoms with Gasteiger partial charge >= 0.3 is 5.97 Å². The van der Waals surface area contributed by atoms with Crippen molar-refractivity contribution < 1.29 is 18.1 Å². The summed E-state index contributed by atoms with van der Waals surface area (Å²) in [6.45, 7) is 2.47. The zero-order chi connectivity index (χ0) is 21.8. The van der Waals surface area contributed by atoms with Crippen LogP contribution in [-0.2, 0) is 45.5 Å². The van der Waals surface area contributed by atoms with Gasteiger partial charge in [0, 0.05) is 22.2 Å². The first-order valence-corrected chi connectivity index (χ1v) is 12.6. The summed E-state index contributed by atoms with van der Waals surface area (Å²) < 4.78 is 30.5. The van der Waals surface area contributed by atoms with Gasteiger partial charge in [0.05, 0.1) is 17.7 Å². The molecule has 4 rings (SSSR count). The molecule has 1 aliphatic rings. The Bertz CT molecular complexity index is 1120. The van der Waals surface area contributed by atoms with Gasteiger partial charge in [-0.2, -0.15) is 0 Å². The smallest absolute Gasteiger partial charge is 0.318 e. The lowest BCUT2D eigenvalue weighted by Gasteiger charge is -2.13. The van der Waals surface area contributed by atoms with Crippen LogP contribution in [0.15, 0.2) is 24.3 Å². The van der Waals surface area contributed by atoms with Crippen LogP contribution in [0.5, 0.6) is 0 Å². The predicted molar refractivity (Wildman–Crippen MR) is 121 cm³/mol. The van der Waals surface area contributed by atoms with Crippen LogP contribution < -0.4 is 5.32 Å². The number of anilines is 1. The number of hydrogen-bond acceptors (Lipinski definition) is 7. The van der Waals surface area contributed by atoms with Gasteiger partial charge in [0.25, 0.3) is 0 Å². The third-order valence-corrected chi connectivity index (χ3v) is 7.43. The maximum atomic E-state index is 13.2. The molecule has 1 unspecified atom stereocenters. The molecule has 0 aliphatic heterocycles. The summed E-state index contributed by atoms with van der Waals surface area (Å²) in [7, 11) is -1.45. The molecule has 31 heavy (non-hydrogen) atoms. The van der Waals surface area contributed by atoms with Crippen molar-refractivity contribution in [2.45, 2.75) is 44.9 Å². The molecule has 1 aliphatic carbocycles. The molecule has 3 aromatic rings. The zero-order valence-corrected chi connectivity index (χ0v) is 18.9. The second-order valence-electron chi connectivity index (χ2n) is 7.39. The van der Waals surface area contributed by atoms with Crippen LogP contribution in [0.3, 0.4) is 0 Å². The van der Waals surface area contributed by atoms with E-state index in [2.05, 4.69) is 15.3 Å². The van der Waals surface area contributed by atoms with E-state index in [1.54, 1.807) is 30.4 Å². The molecule has 1 aromatic carbocycles. The van der Waals surface area contributed by atoms with Gasteiger partial charge in [-0.3, -0.25) is 9.00 Å². The van der Waals surface area contributed by atoms with Crippen LogP contribution in [0.2, 0.25) is 0 Å². The molecular weight excluding hydrogens is 437 g/mol. The summed E-state index contributed by atoms with van der Waals surface area (Å²) in [6, 6.07) is 6.34. The minimum atomic E-state index is -1.45. The maximum absolute atomic E-state index is 13.2. The monoisotopic (exact) mass is 461 g/mol. The Balaban J connectivity index is 1.62. The van der Waals surface area contributed by atoms with E-state index in [-0.39, 0.29) is 23.9 Å². The maximum Gasteiger partial charge on any atom is 0.318 e. The Morgan fingerprint density at radius 1 is 1.23 bits per heavy atom. The summed E-state index contributed by atoms with van der Waals surface area (Å²) in [5, 5.41) is 4.41. The first-order chi connectivity index (χ1) is 15.0. The first kappa shape index (κ1) is 21.8. The average molecular weight is 462 g/mol. The number of nitrogens with zero attached hydrogens (tertiary/aromatic N) is 2. The van der Waals surface area contributed by atoms with E-state index < -0.39 is 16.8 Å². The molecule has 1 atom stereocenters. The minimum Gasteiger partial charge on any atom is -0.465 e. The summed E-state index contributed by atoms with van der Waals surface area (Å²) >= 11 is 1.67. The Hall–Kier alpha value is -2.39. The van der Waals surface area contributed by atoms with Crippen molar-refractivity contribution in [1.82, 2.24) is 9.97 Å². The third-order valence-electron chi connectivity index (χ3n) is 5.11. The number of fused-ring (bicyclic) bond motifs is 3. The zero-order valence-electron chi connectivity index (χ0n) is 17.3. The average Bonchev–Trinajstić information content (AvgIpc) is 3.11. The third kappa shape index (κ3) is 5.27. The van der Waals surface area contributed by atoms with E-state index in [4.69, 9.17) is 4.74 Å². The Labute approximate surface area is 186 Å². The van der Waals surface area contributed by atoms with Gasteiger partial charge in [-0.1, -0.05) is 12.1 Å². The molecule has 0 saturated heterocycles. The van der Waals surface area contributed by atoms with Gasteiger partial charge < -0.3 is 10.1 Å². The number of ether oxygens (including phenoxy) is 1. The SMILES string of the molecule is CCOC(=O)CS(=O)Cc1nc(NCc2ccc(F)cc2)c2c3c(sc2n1)CCCC3. The molecule has 2 aromatic heterocycles. The predicted octanol–water partition coefficient (Wildman–Crippen LogP) is 4.13. The number of hydrogen-bond donors (Lipinski definition) is 1. The van der Waals surface area contributed by atoms with Crippen molar-refractivity contribution in [3.05, 3.63) is 51.9 Å². The van der Waals surface area contributed by atoms with Gasteiger partial charge in [-0.05, 0) is 55.9 Å². The lowest BCUT2D eigenvalue weighted by atomic mass is 9.97. The van der Waals surface area contributed by atoms with Gasteiger partial charge in [-0.15, -0.1) is 11.3 Å². The standard InChI is InChI=1S/C22H24FN3O3S2/c1-2-29-19(27)13-31(28)12-18-25-21(24-11-14-7-9-15(23)10-8-14)20-16-5-3-4-6-17(16)30-22(20)26-18/h7-10H,2-6,11-13H2,1H3,(H,24,25,26). The van der Waals surface area contributed by atoms with Crippen LogP contribution in [0.25, 0.3) is 10.2 Å². The highest BCUT2D eigenvalue weighted by molar-refractivity contribution is 7.84. The molecule has 6 nitrogen and oxygen atoms in total. The van der Waals surface area contributed by atoms with E-state index in [9.17, 15) is 13.4 Å². The number of esters is 1. The van der Waals surface area contributed by atoms with E-state index >= 15 is 0 Å². The second kappa shape index (κ2) is 9.82. The Morgan fingerprint density at radius 3 is 2.77 bits per heavy atom. The fourth-order valence-corrected chi connectivity index (χ4v) is 5.86. The van der Waals surface area contributed by atoms with Crippen molar-refractivity contribution in [1.29, 1.82) is 0 Å². The minimum absolute atomic E-state index is 0.0859. The number of rotatable bonds is 8. The van der Waals surface area contributed by atoms with Crippen LogP contribution in [-0.4, -0.2) is 32.5 Å². The summed E-state index contributed by atoms with van der Waals surface area (Å²) in [6.07, 6.45) is 4.35. The number of nitrogens with one attached hydrogen (secondary N) is 1. The van der Waals surface area contributed by atoms with Crippen molar-refractivity contribution in [3.8, 4) is 0 Å². The molecule has 0 spiro atoms. The summed E-state index contributed by atoms with van der Waals surface area (Å²) in [5.74, 6) is 0.304. The van der Waals surface area contributed by atoms with Crippen molar-refractivity contribution in [2.24, 2.45) is 0 Å². The summed E-state index contributed by atoms with van der Waals surface area (Å²) in [5.41, 5.74) is 2.23. The molecule has 164 valence electrons. The number of carbonyl (C=O) groups excluding carboxylic acids is 1. The molecule has 0 saturated carbocycles. The van der Waals surface area contributed by atoms with Gasteiger partial charge in [-0.25, -0.2) is 14.4 Å². The molecule has 2 heterocycles.